The number of sulfonamides is 1. The van der Waals surface area contributed by atoms with Crippen LogP contribution < -0.4 is 10.0 Å². The standard InChI is InChI=1S/C15H25FN2O2S/c1-5-9-17-11-12-7-8-13(16)14(10-12)21(19,20)18-15(3,4)6-2/h7-8,10,17-18H,5-6,9,11H2,1-4H3. The van der Waals surface area contributed by atoms with Gasteiger partial charge in [-0.25, -0.2) is 17.5 Å². The highest BCUT2D eigenvalue weighted by Gasteiger charge is 2.27. The first-order valence-electron chi connectivity index (χ1n) is 7.25. The first-order chi connectivity index (χ1) is 9.72. The second-order valence-electron chi connectivity index (χ2n) is 5.78. The fraction of sp³-hybridized carbons (Fsp3) is 0.600. The molecule has 0 atom stereocenters. The lowest BCUT2D eigenvalue weighted by molar-refractivity contribution is 0.437. The van der Waals surface area contributed by atoms with Crippen LogP contribution in [-0.4, -0.2) is 20.5 Å². The van der Waals surface area contributed by atoms with E-state index in [1.807, 2.05) is 13.8 Å². The summed E-state index contributed by atoms with van der Waals surface area (Å²) in [4.78, 5) is -0.292. The highest BCUT2D eigenvalue weighted by atomic mass is 32.2. The van der Waals surface area contributed by atoms with Crippen molar-refractivity contribution < 1.29 is 12.8 Å². The molecule has 0 radical (unpaired) electrons. The molecule has 1 rings (SSSR count). The summed E-state index contributed by atoms with van der Waals surface area (Å²) in [5, 5.41) is 3.17. The van der Waals surface area contributed by atoms with Crippen LogP contribution in [0.15, 0.2) is 23.1 Å². The Kier molecular flexibility index (Phi) is 6.31. The third-order valence-electron chi connectivity index (χ3n) is 3.34. The predicted molar refractivity (Wildman–Crippen MR) is 83.1 cm³/mol. The molecule has 0 bridgehead atoms. The molecule has 0 aliphatic carbocycles. The van der Waals surface area contributed by atoms with Crippen LogP contribution in [0.4, 0.5) is 4.39 Å². The lowest BCUT2D eigenvalue weighted by atomic mass is 10.0. The van der Waals surface area contributed by atoms with Crippen LogP contribution in [0.1, 0.15) is 46.1 Å². The third-order valence-corrected chi connectivity index (χ3v) is 5.05. The van der Waals surface area contributed by atoms with E-state index in [2.05, 4.69) is 10.0 Å². The lowest BCUT2D eigenvalue weighted by Crippen LogP contribution is -2.42. The van der Waals surface area contributed by atoms with Gasteiger partial charge in [-0.05, 0) is 50.9 Å². The minimum atomic E-state index is -3.87. The quantitative estimate of drug-likeness (QED) is 0.725. The van der Waals surface area contributed by atoms with E-state index < -0.39 is 21.4 Å². The van der Waals surface area contributed by atoms with Crippen molar-refractivity contribution in [2.75, 3.05) is 6.54 Å². The number of halogens is 1. The number of nitrogens with one attached hydrogen (secondary N) is 2. The maximum Gasteiger partial charge on any atom is 0.243 e. The van der Waals surface area contributed by atoms with Gasteiger partial charge in [0.25, 0.3) is 0 Å². The zero-order chi connectivity index (χ0) is 16.1. The minimum Gasteiger partial charge on any atom is -0.313 e. The number of hydrogen-bond acceptors (Lipinski definition) is 3. The fourth-order valence-corrected chi connectivity index (χ4v) is 3.38. The van der Waals surface area contributed by atoms with Gasteiger partial charge in [0.15, 0.2) is 0 Å². The molecule has 6 heteroatoms. The van der Waals surface area contributed by atoms with Gasteiger partial charge in [-0.2, -0.15) is 0 Å². The summed E-state index contributed by atoms with van der Waals surface area (Å²) in [7, 11) is -3.87. The average Bonchev–Trinajstić information content (AvgIpc) is 2.39. The van der Waals surface area contributed by atoms with E-state index in [4.69, 9.17) is 0 Å². The predicted octanol–water partition coefficient (Wildman–Crippen LogP) is 2.79. The van der Waals surface area contributed by atoms with Gasteiger partial charge < -0.3 is 5.32 Å². The molecule has 0 aliphatic rings. The zero-order valence-corrected chi connectivity index (χ0v) is 14.0. The van der Waals surface area contributed by atoms with Gasteiger partial charge in [0, 0.05) is 12.1 Å². The molecule has 21 heavy (non-hydrogen) atoms. The summed E-state index contributed by atoms with van der Waals surface area (Å²) < 4.78 is 41.1. The number of hydrogen-bond donors (Lipinski definition) is 2. The van der Waals surface area contributed by atoms with E-state index >= 15 is 0 Å². The molecule has 1 aromatic carbocycles. The molecule has 0 fully saturated rings. The Bertz CT molecular complexity index is 571. The van der Waals surface area contributed by atoms with Crippen molar-refractivity contribution in [3.8, 4) is 0 Å². The smallest absolute Gasteiger partial charge is 0.243 e. The van der Waals surface area contributed by atoms with Crippen LogP contribution in [-0.2, 0) is 16.6 Å². The van der Waals surface area contributed by atoms with E-state index in [0.717, 1.165) is 18.5 Å². The zero-order valence-electron chi connectivity index (χ0n) is 13.2. The third kappa shape index (κ3) is 5.37. The molecule has 120 valence electrons. The monoisotopic (exact) mass is 316 g/mol. The van der Waals surface area contributed by atoms with Crippen molar-refractivity contribution in [2.24, 2.45) is 0 Å². The van der Waals surface area contributed by atoms with Gasteiger partial charge in [0.05, 0.1) is 0 Å². The van der Waals surface area contributed by atoms with Crippen LogP contribution in [0.25, 0.3) is 0 Å². The molecule has 0 unspecified atom stereocenters. The molecule has 1 aromatic rings. The lowest BCUT2D eigenvalue weighted by Gasteiger charge is -2.24. The summed E-state index contributed by atoms with van der Waals surface area (Å²) in [6.07, 6.45) is 1.60. The molecule has 4 nitrogen and oxygen atoms in total. The van der Waals surface area contributed by atoms with E-state index in [1.54, 1.807) is 19.9 Å². The maximum atomic E-state index is 13.9. The molecule has 0 aromatic heterocycles. The van der Waals surface area contributed by atoms with Crippen LogP contribution in [0.5, 0.6) is 0 Å². The van der Waals surface area contributed by atoms with E-state index in [0.29, 0.717) is 13.0 Å². The van der Waals surface area contributed by atoms with Crippen molar-refractivity contribution in [3.05, 3.63) is 29.6 Å². The van der Waals surface area contributed by atoms with Gasteiger partial charge >= 0.3 is 0 Å². The highest BCUT2D eigenvalue weighted by molar-refractivity contribution is 7.89. The molecule has 2 N–H and O–H groups in total. The normalized spacial score (nSPS) is 12.6. The van der Waals surface area contributed by atoms with E-state index in [1.165, 1.54) is 12.1 Å². The van der Waals surface area contributed by atoms with E-state index in [9.17, 15) is 12.8 Å². The summed E-state index contributed by atoms with van der Waals surface area (Å²) >= 11 is 0. The largest absolute Gasteiger partial charge is 0.313 e. The van der Waals surface area contributed by atoms with Crippen LogP contribution in [0.2, 0.25) is 0 Å². The van der Waals surface area contributed by atoms with Crippen LogP contribution in [0, 0.1) is 5.82 Å². The van der Waals surface area contributed by atoms with Crippen LogP contribution in [0.3, 0.4) is 0 Å². The van der Waals surface area contributed by atoms with Gasteiger partial charge in [-0.1, -0.05) is 19.9 Å². The fourth-order valence-electron chi connectivity index (χ4n) is 1.76. The summed E-state index contributed by atoms with van der Waals surface area (Å²) in [6.45, 7) is 8.83. The second kappa shape index (κ2) is 7.33. The van der Waals surface area contributed by atoms with Gasteiger partial charge in [0.2, 0.25) is 10.0 Å². The summed E-state index contributed by atoms with van der Waals surface area (Å²) in [5.74, 6) is -0.728. The summed E-state index contributed by atoms with van der Waals surface area (Å²) in [6, 6.07) is 4.20. The molecule has 0 aliphatic heterocycles. The molecule has 0 amide bonds. The molecular weight excluding hydrogens is 291 g/mol. The molecular formula is C15H25FN2O2S. The van der Waals surface area contributed by atoms with Crippen molar-refractivity contribution in [1.29, 1.82) is 0 Å². The van der Waals surface area contributed by atoms with Gasteiger partial charge in [-0.15, -0.1) is 0 Å². The second-order valence-corrected chi connectivity index (χ2v) is 7.44. The van der Waals surface area contributed by atoms with Crippen molar-refractivity contribution in [1.82, 2.24) is 10.0 Å². The molecule has 0 saturated carbocycles. The Balaban J connectivity index is 3.02. The van der Waals surface area contributed by atoms with Gasteiger partial charge in [0.1, 0.15) is 10.7 Å². The number of rotatable bonds is 8. The SMILES string of the molecule is CCCNCc1ccc(F)c(S(=O)(=O)NC(C)(C)CC)c1. The van der Waals surface area contributed by atoms with Crippen molar-refractivity contribution in [3.63, 3.8) is 0 Å². The van der Waals surface area contributed by atoms with Crippen molar-refractivity contribution >= 4 is 10.0 Å². The van der Waals surface area contributed by atoms with Gasteiger partial charge in [-0.3, -0.25) is 0 Å². The Hall–Kier alpha value is -0.980. The minimum absolute atomic E-state index is 0.292. The Morgan fingerprint density at radius 2 is 1.90 bits per heavy atom. The molecule has 0 heterocycles. The summed E-state index contributed by atoms with van der Waals surface area (Å²) in [5.41, 5.74) is 0.140. The maximum absolute atomic E-state index is 13.9. The molecule has 0 saturated heterocycles. The Morgan fingerprint density at radius 3 is 2.48 bits per heavy atom. The van der Waals surface area contributed by atoms with E-state index in [-0.39, 0.29) is 4.90 Å². The average molecular weight is 316 g/mol. The number of benzene rings is 1. The van der Waals surface area contributed by atoms with Crippen molar-refractivity contribution in [2.45, 2.75) is 57.5 Å². The first kappa shape index (κ1) is 18.1. The molecule has 0 spiro atoms. The first-order valence-corrected chi connectivity index (χ1v) is 8.73. The van der Waals surface area contributed by atoms with Crippen LogP contribution >= 0.6 is 0 Å². The highest BCUT2D eigenvalue weighted by Crippen LogP contribution is 2.19. The topological polar surface area (TPSA) is 58.2 Å². The Labute approximate surface area is 127 Å². The Morgan fingerprint density at radius 1 is 1.24 bits per heavy atom.